The zero-order valence-corrected chi connectivity index (χ0v) is 15.1. The molecule has 0 radical (unpaired) electrons. The van der Waals surface area contributed by atoms with E-state index in [1.54, 1.807) is 6.33 Å². The number of halogens is 1. The van der Waals surface area contributed by atoms with Crippen LogP contribution in [0.5, 0.6) is 0 Å². The van der Waals surface area contributed by atoms with Crippen LogP contribution < -0.4 is 16.0 Å². The topological polar surface area (TPSA) is 67.1 Å². The SMILES string of the molecule is Nc1c(NCc2ccc(Cl)cc2)ncnc1N1CCc2ccccc2C1. The number of benzene rings is 2. The second kappa shape index (κ2) is 7.22. The van der Waals surface area contributed by atoms with Crippen LogP contribution in [0.25, 0.3) is 0 Å². The van der Waals surface area contributed by atoms with E-state index in [1.807, 2.05) is 24.3 Å². The fourth-order valence-electron chi connectivity index (χ4n) is 3.24. The van der Waals surface area contributed by atoms with E-state index in [9.17, 15) is 0 Å². The van der Waals surface area contributed by atoms with Gasteiger partial charge >= 0.3 is 0 Å². The van der Waals surface area contributed by atoms with Crippen LogP contribution in [0.15, 0.2) is 54.9 Å². The second-order valence-electron chi connectivity index (χ2n) is 6.38. The highest BCUT2D eigenvalue weighted by Gasteiger charge is 2.20. The van der Waals surface area contributed by atoms with Gasteiger partial charge in [-0.15, -0.1) is 0 Å². The van der Waals surface area contributed by atoms with Crippen molar-refractivity contribution in [1.29, 1.82) is 0 Å². The van der Waals surface area contributed by atoms with E-state index < -0.39 is 0 Å². The molecule has 6 heteroatoms. The first-order valence-electron chi connectivity index (χ1n) is 8.61. The predicted octanol–water partition coefficient (Wildman–Crippen LogP) is 3.89. The van der Waals surface area contributed by atoms with E-state index in [0.717, 1.165) is 35.9 Å². The smallest absolute Gasteiger partial charge is 0.157 e. The fraction of sp³-hybridized carbons (Fsp3) is 0.200. The highest BCUT2D eigenvalue weighted by Crippen LogP contribution is 2.30. The molecule has 132 valence electrons. The summed E-state index contributed by atoms with van der Waals surface area (Å²) in [6.07, 6.45) is 2.56. The molecule has 0 bridgehead atoms. The van der Waals surface area contributed by atoms with Gasteiger partial charge in [-0.3, -0.25) is 0 Å². The van der Waals surface area contributed by atoms with Crippen LogP contribution in [0.2, 0.25) is 5.02 Å². The molecule has 0 amide bonds. The van der Waals surface area contributed by atoms with Crippen molar-refractivity contribution in [2.75, 3.05) is 22.5 Å². The molecule has 1 aliphatic heterocycles. The Morgan fingerprint density at radius 1 is 1.04 bits per heavy atom. The van der Waals surface area contributed by atoms with Gasteiger partial charge in [0.2, 0.25) is 0 Å². The molecule has 0 unspecified atom stereocenters. The lowest BCUT2D eigenvalue weighted by Gasteiger charge is -2.30. The summed E-state index contributed by atoms with van der Waals surface area (Å²) in [5, 5.41) is 4.03. The van der Waals surface area contributed by atoms with Crippen LogP contribution in [-0.2, 0) is 19.5 Å². The molecule has 3 aromatic rings. The van der Waals surface area contributed by atoms with E-state index >= 15 is 0 Å². The van der Waals surface area contributed by atoms with Gasteiger partial charge in [0.25, 0.3) is 0 Å². The zero-order valence-electron chi connectivity index (χ0n) is 14.3. The number of rotatable bonds is 4. The third kappa shape index (κ3) is 3.44. The molecule has 0 saturated carbocycles. The van der Waals surface area contributed by atoms with Crippen molar-refractivity contribution in [3.63, 3.8) is 0 Å². The first kappa shape index (κ1) is 16.7. The number of hydrogen-bond donors (Lipinski definition) is 2. The third-order valence-corrected chi connectivity index (χ3v) is 4.92. The molecule has 0 spiro atoms. The molecular weight excluding hydrogens is 346 g/mol. The summed E-state index contributed by atoms with van der Waals surface area (Å²) in [4.78, 5) is 11.0. The van der Waals surface area contributed by atoms with E-state index in [1.165, 1.54) is 11.1 Å². The zero-order chi connectivity index (χ0) is 17.9. The molecule has 2 heterocycles. The molecule has 1 aliphatic rings. The quantitative estimate of drug-likeness (QED) is 0.734. The van der Waals surface area contributed by atoms with E-state index in [2.05, 4.69) is 44.5 Å². The van der Waals surface area contributed by atoms with Gasteiger partial charge in [0.05, 0.1) is 0 Å². The van der Waals surface area contributed by atoms with Gasteiger partial charge in [0, 0.05) is 24.7 Å². The Morgan fingerprint density at radius 2 is 1.81 bits per heavy atom. The van der Waals surface area contributed by atoms with Crippen LogP contribution in [0.3, 0.4) is 0 Å². The molecule has 4 rings (SSSR count). The van der Waals surface area contributed by atoms with Crippen molar-refractivity contribution in [1.82, 2.24) is 9.97 Å². The van der Waals surface area contributed by atoms with Crippen LogP contribution in [0.4, 0.5) is 17.3 Å². The number of hydrogen-bond acceptors (Lipinski definition) is 5. The maximum absolute atomic E-state index is 6.37. The van der Waals surface area contributed by atoms with Gasteiger partial charge in [-0.05, 0) is 35.2 Å². The van der Waals surface area contributed by atoms with Crippen molar-refractivity contribution >= 4 is 28.9 Å². The normalized spacial score (nSPS) is 13.3. The molecular formula is C20H20ClN5. The lowest BCUT2D eigenvalue weighted by atomic mass is 10.00. The summed E-state index contributed by atoms with van der Waals surface area (Å²) in [6, 6.07) is 16.2. The summed E-state index contributed by atoms with van der Waals surface area (Å²) in [5.74, 6) is 1.44. The van der Waals surface area contributed by atoms with Gasteiger partial charge in [0.1, 0.15) is 12.0 Å². The monoisotopic (exact) mass is 365 g/mol. The number of nitrogens with zero attached hydrogens (tertiary/aromatic N) is 3. The minimum atomic E-state index is 0.584. The predicted molar refractivity (Wildman–Crippen MR) is 106 cm³/mol. The molecule has 1 aromatic heterocycles. The molecule has 0 fully saturated rings. The number of nitrogens with two attached hydrogens (primary N) is 1. The average Bonchev–Trinajstić information content (AvgIpc) is 2.68. The highest BCUT2D eigenvalue weighted by molar-refractivity contribution is 6.30. The third-order valence-electron chi connectivity index (χ3n) is 4.67. The maximum atomic E-state index is 6.37. The largest absolute Gasteiger partial charge is 0.393 e. The molecule has 0 aliphatic carbocycles. The molecule has 3 N–H and O–H groups in total. The van der Waals surface area contributed by atoms with Crippen LogP contribution in [0.1, 0.15) is 16.7 Å². The highest BCUT2D eigenvalue weighted by atomic mass is 35.5. The van der Waals surface area contributed by atoms with Crippen molar-refractivity contribution in [3.05, 3.63) is 76.6 Å². The summed E-state index contributed by atoms with van der Waals surface area (Å²) >= 11 is 5.93. The Bertz CT molecular complexity index is 910. The van der Waals surface area contributed by atoms with E-state index in [-0.39, 0.29) is 0 Å². The van der Waals surface area contributed by atoms with Crippen LogP contribution >= 0.6 is 11.6 Å². The van der Waals surface area contributed by atoms with Crippen molar-refractivity contribution in [3.8, 4) is 0 Å². The standard InChI is InChI=1S/C20H20ClN5/c21-17-7-5-14(6-8-17)11-23-19-18(22)20(25-13-24-19)26-10-9-15-3-1-2-4-16(15)12-26/h1-8,13H,9-12,22H2,(H,23,24,25). The first-order chi connectivity index (χ1) is 12.7. The summed E-state index contributed by atoms with van der Waals surface area (Å²) in [5.41, 5.74) is 10.8. The van der Waals surface area contributed by atoms with Gasteiger partial charge in [-0.2, -0.15) is 0 Å². The molecule has 26 heavy (non-hydrogen) atoms. The minimum absolute atomic E-state index is 0.584. The Morgan fingerprint density at radius 3 is 2.62 bits per heavy atom. The number of nitrogens with one attached hydrogen (secondary N) is 1. The van der Waals surface area contributed by atoms with Crippen molar-refractivity contribution in [2.45, 2.75) is 19.5 Å². The lowest BCUT2D eigenvalue weighted by molar-refractivity contribution is 0.720. The maximum Gasteiger partial charge on any atom is 0.157 e. The Labute approximate surface area is 157 Å². The first-order valence-corrected chi connectivity index (χ1v) is 8.99. The van der Waals surface area contributed by atoms with Gasteiger partial charge in [-0.1, -0.05) is 48.0 Å². The lowest BCUT2D eigenvalue weighted by Crippen LogP contribution is -2.31. The molecule has 5 nitrogen and oxygen atoms in total. The minimum Gasteiger partial charge on any atom is -0.393 e. The summed E-state index contributed by atoms with van der Waals surface area (Å²) in [7, 11) is 0. The Balaban J connectivity index is 1.52. The molecule has 0 atom stereocenters. The van der Waals surface area contributed by atoms with Gasteiger partial charge < -0.3 is 16.0 Å². The number of nitrogen functional groups attached to an aromatic ring is 1. The Kier molecular flexibility index (Phi) is 4.63. The van der Waals surface area contributed by atoms with E-state index in [4.69, 9.17) is 17.3 Å². The summed E-state index contributed by atoms with van der Waals surface area (Å²) in [6.45, 7) is 2.34. The molecule has 2 aromatic carbocycles. The van der Waals surface area contributed by atoms with Gasteiger partial charge in [0.15, 0.2) is 11.6 Å². The number of fused-ring (bicyclic) bond motifs is 1. The van der Waals surface area contributed by atoms with Crippen LogP contribution in [-0.4, -0.2) is 16.5 Å². The van der Waals surface area contributed by atoms with Crippen molar-refractivity contribution in [2.24, 2.45) is 0 Å². The summed E-state index contributed by atoms with van der Waals surface area (Å²) < 4.78 is 0. The average molecular weight is 366 g/mol. The van der Waals surface area contributed by atoms with Gasteiger partial charge in [-0.25, -0.2) is 9.97 Å². The fourth-order valence-corrected chi connectivity index (χ4v) is 3.37. The Hall–Kier alpha value is -2.79. The van der Waals surface area contributed by atoms with E-state index in [0.29, 0.717) is 18.1 Å². The van der Waals surface area contributed by atoms with Crippen molar-refractivity contribution < 1.29 is 0 Å². The van der Waals surface area contributed by atoms with Crippen LogP contribution in [0, 0.1) is 0 Å². The molecule has 0 saturated heterocycles. The number of anilines is 3. The number of aromatic nitrogens is 2. The second-order valence-corrected chi connectivity index (χ2v) is 6.82.